The van der Waals surface area contributed by atoms with E-state index in [4.69, 9.17) is 4.74 Å². The highest BCUT2D eigenvalue weighted by molar-refractivity contribution is 6.03. The molecule has 1 unspecified atom stereocenters. The summed E-state index contributed by atoms with van der Waals surface area (Å²) in [5.41, 5.74) is -0.893. The average Bonchev–Trinajstić information content (AvgIpc) is 2.60. The Balaban J connectivity index is 2.39. The second-order valence-corrected chi connectivity index (χ2v) is 4.79. The largest absolute Gasteiger partial charge is 0.465 e. The fraction of sp³-hybridized carbons (Fsp3) is 0.769. The fourth-order valence-electron chi connectivity index (χ4n) is 2.26. The molecule has 1 heterocycles. The number of hydrogen-bond acceptors (Lipinski definition) is 4. The van der Waals surface area contributed by atoms with Crippen molar-refractivity contribution in [2.24, 2.45) is 5.41 Å². The lowest BCUT2D eigenvalue weighted by atomic mass is 9.78. The van der Waals surface area contributed by atoms with Gasteiger partial charge in [0.15, 0.2) is 0 Å². The first-order valence-electron chi connectivity index (χ1n) is 6.17. The van der Waals surface area contributed by atoms with E-state index in [0.29, 0.717) is 25.9 Å². The molecular weight excluding hydrogens is 220 g/mol. The van der Waals surface area contributed by atoms with E-state index in [1.54, 1.807) is 6.92 Å². The van der Waals surface area contributed by atoms with Crippen molar-refractivity contribution < 1.29 is 19.1 Å². The molecule has 1 rings (SSSR count). The molecule has 1 aliphatic rings. The second-order valence-electron chi connectivity index (χ2n) is 4.79. The molecule has 0 aromatic heterocycles. The summed E-state index contributed by atoms with van der Waals surface area (Å²) in [5.74, 6) is -0.269. The molecule has 1 atom stereocenters. The smallest absolute Gasteiger partial charge is 0.319 e. The first kappa shape index (κ1) is 13.9. The molecule has 1 aliphatic heterocycles. The first-order valence-corrected chi connectivity index (χ1v) is 6.17. The Morgan fingerprint density at radius 1 is 1.24 bits per heavy atom. The fourth-order valence-corrected chi connectivity index (χ4v) is 2.26. The maximum atomic E-state index is 11.6. The van der Waals surface area contributed by atoms with Crippen LogP contribution in [-0.4, -0.2) is 24.1 Å². The number of carbonyl (C=O) groups excluding carboxylic acids is 3. The SMILES string of the molecule is CC(=O)CCCCCC1(C(C)=O)CCOC1=O. The zero-order chi connectivity index (χ0) is 12.9. The van der Waals surface area contributed by atoms with Gasteiger partial charge in [0.1, 0.15) is 17.0 Å². The average molecular weight is 240 g/mol. The van der Waals surface area contributed by atoms with Gasteiger partial charge in [0.25, 0.3) is 0 Å². The van der Waals surface area contributed by atoms with Crippen LogP contribution in [-0.2, 0) is 19.1 Å². The normalized spacial score (nSPS) is 23.5. The first-order chi connectivity index (χ1) is 7.99. The Bertz CT molecular complexity index is 321. The summed E-state index contributed by atoms with van der Waals surface area (Å²) in [6, 6.07) is 0. The summed E-state index contributed by atoms with van der Waals surface area (Å²) in [4.78, 5) is 34.0. The van der Waals surface area contributed by atoms with E-state index < -0.39 is 5.41 Å². The van der Waals surface area contributed by atoms with E-state index in [9.17, 15) is 14.4 Å². The molecule has 0 radical (unpaired) electrons. The molecule has 0 saturated carbocycles. The monoisotopic (exact) mass is 240 g/mol. The van der Waals surface area contributed by atoms with Crippen molar-refractivity contribution in [2.45, 2.75) is 52.4 Å². The van der Waals surface area contributed by atoms with Crippen molar-refractivity contribution >= 4 is 17.5 Å². The summed E-state index contributed by atoms with van der Waals surface area (Å²) in [6.45, 7) is 3.39. The van der Waals surface area contributed by atoms with E-state index in [0.717, 1.165) is 19.3 Å². The lowest BCUT2D eigenvalue weighted by Crippen LogP contribution is -2.34. The van der Waals surface area contributed by atoms with Crippen molar-refractivity contribution in [3.8, 4) is 0 Å². The van der Waals surface area contributed by atoms with Crippen LogP contribution in [0, 0.1) is 5.41 Å². The van der Waals surface area contributed by atoms with Gasteiger partial charge in [0.2, 0.25) is 0 Å². The number of ether oxygens (including phenoxy) is 1. The second kappa shape index (κ2) is 5.94. The molecule has 96 valence electrons. The van der Waals surface area contributed by atoms with Gasteiger partial charge in [-0.15, -0.1) is 0 Å². The number of esters is 1. The van der Waals surface area contributed by atoms with Gasteiger partial charge in [-0.1, -0.05) is 12.8 Å². The molecule has 0 aliphatic carbocycles. The van der Waals surface area contributed by atoms with Gasteiger partial charge in [-0.25, -0.2) is 0 Å². The summed E-state index contributed by atoms with van der Waals surface area (Å²) in [6.07, 6.45) is 4.15. The van der Waals surface area contributed by atoms with Crippen LogP contribution in [0.4, 0.5) is 0 Å². The summed E-state index contributed by atoms with van der Waals surface area (Å²) in [5, 5.41) is 0. The Morgan fingerprint density at radius 3 is 2.41 bits per heavy atom. The van der Waals surface area contributed by atoms with E-state index in [1.807, 2.05) is 0 Å². The van der Waals surface area contributed by atoms with Gasteiger partial charge in [0, 0.05) is 12.8 Å². The molecule has 1 saturated heterocycles. The third kappa shape index (κ3) is 3.38. The highest BCUT2D eigenvalue weighted by Crippen LogP contribution is 2.36. The molecule has 0 bridgehead atoms. The number of hydrogen-bond donors (Lipinski definition) is 0. The molecule has 4 heteroatoms. The maximum absolute atomic E-state index is 11.6. The zero-order valence-corrected chi connectivity index (χ0v) is 10.6. The number of Topliss-reactive ketones (excluding diaryl/α,β-unsaturated/α-hetero) is 2. The summed E-state index contributed by atoms with van der Waals surface area (Å²) >= 11 is 0. The predicted molar refractivity (Wildman–Crippen MR) is 62.5 cm³/mol. The minimum absolute atomic E-state index is 0.0911. The van der Waals surface area contributed by atoms with Crippen LogP contribution >= 0.6 is 0 Å². The third-order valence-electron chi connectivity index (χ3n) is 3.46. The lowest BCUT2D eigenvalue weighted by molar-refractivity contribution is -0.151. The number of carbonyl (C=O) groups is 3. The van der Waals surface area contributed by atoms with Crippen LogP contribution < -0.4 is 0 Å². The third-order valence-corrected chi connectivity index (χ3v) is 3.46. The molecule has 0 spiro atoms. The number of unbranched alkanes of at least 4 members (excludes halogenated alkanes) is 2. The highest BCUT2D eigenvalue weighted by atomic mass is 16.5. The Kier molecular flexibility index (Phi) is 4.85. The lowest BCUT2D eigenvalue weighted by Gasteiger charge is -2.20. The van der Waals surface area contributed by atoms with Crippen molar-refractivity contribution in [1.29, 1.82) is 0 Å². The van der Waals surface area contributed by atoms with Gasteiger partial charge in [-0.3, -0.25) is 9.59 Å². The molecule has 4 nitrogen and oxygen atoms in total. The topological polar surface area (TPSA) is 60.4 Å². The van der Waals surface area contributed by atoms with Crippen LogP contribution in [0.1, 0.15) is 52.4 Å². The van der Waals surface area contributed by atoms with E-state index in [1.165, 1.54) is 6.92 Å². The molecule has 0 amide bonds. The number of cyclic esters (lactones) is 1. The van der Waals surface area contributed by atoms with Crippen LogP contribution in [0.3, 0.4) is 0 Å². The predicted octanol–water partition coefficient (Wildman–Crippen LogP) is 2.05. The maximum Gasteiger partial charge on any atom is 0.319 e. The molecule has 17 heavy (non-hydrogen) atoms. The van der Waals surface area contributed by atoms with Gasteiger partial charge in [0.05, 0.1) is 6.61 Å². The molecule has 0 N–H and O–H groups in total. The summed E-state index contributed by atoms with van der Waals surface area (Å²) < 4.78 is 4.91. The summed E-state index contributed by atoms with van der Waals surface area (Å²) in [7, 11) is 0. The molecular formula is C13H20O4. The number of rotatable bonds is 7. The van der Waals surface area contributed by atoms with Gasteiger partial charge in [-0.05, 0) is 26.7 Å². The zero-order valence-electron chi connectivity index (χ0n) is 10.6. The van der Waals surface area contributed by atoms with Crippen molar-refractivity contribution in [3.63, 3.8) is 0 Å². The standard InChI is InChI=1S/C13H20O4/c1-10(14)6-4-3-5-7-13(11(2)15)8-9-17-12(13)16/h3-9H2,1-2H3. The quantitative estimate of drug-likeness (QED) is 0.388. The Hall–Kier alpha value is -1.19. The van der Waals surface area contributed by atoms with Gasteiger partial charge < -0.3 is 9.53 Å². The van der Waals surface area contributed by atoms with Crippen LogP contribution in [0.25, 0.3) is 0 Å². The van der Waals surface area contributed by atoms with Crippen molar-refractivity contribution in [2.75, 3.05) is 6.61 Å². The van der Waals surface area contributed by atoms with Crippen molar-refractivity contribution in [3.05, 3.63) is 0 Å². The van der Waals surface area contributed by atoms with Gasteiger partial charge >= 0.3 is 5.97 Å². The minimum Gasteiger partial charge on any atom is -0.465 e. The minimum atomic E-state index is -0.893. The Labute approximate surface area is 102 Å². The number of ketones is 2. The van der Waals surface area contributed by atoms with Crippen LogP contribution in [0.5, 0.6) is 0 Å². The highest BCUT2D eigenvalue weighted by Gasteiger charge is 2.47. The Morgan fingerprint density at radius 2 is 1.94 bits per heavy atom. The van der Waals surface area contributed by atoms with E-state index >= 15 is 0 Å². The molecule has 1 fully saturated rings. The van der Waals surface area contributed by atoms with E-state index in [2.05, 4.69) is 0 Å². The van der Waals surface area contributed by atoms with Gasteiger partial charge in [-0.2, -0.15) is 0 Å². The van der Waals surface area contributed by atoms with E-state index in [-0.39, 0.29) is 17.5 Å². The molecule has 0 aromatic rings. The van der Waals surface area contributed by atoms with Crippen LogP contribution in [0.2, 0.25) is 0 Å². The van der Waals surface area contributed by atoms with Crippen LogP contribution in [0.15, 0.2) is 0 Å². The van der Waals surface area contributed by atoms with Crippen molar-refractivity contribution in [1.82, 2.24) is 0 Å². The molecule has 0 aromatic carbocycles.